The Morgan fingerprint density at radius 1 is 1.44 bits per heavy atom. The van der Waals surface area contributed by atoms with E-state index in [9.17, 15) is 5.11 Å². The highest BCUT2D eigenvalue weighted by atomic mass is 79.9. The number of aromatic hydroxyl groups is 1. The molecule has 0 spiro atoms. The molecule has 0 atom stereocenters. The second kappa shape index (κ2) is 5.44. The van der Waals surface area contributed by atoms with Crippen molar-refractivity contribution in [2.45, 2.75) is 26.5 Å². The standard InChI is InChI=1S/C13H15BrN2O2/c1-9(2)16-7-10(15-13(16)14)8-18-12-5-3-4-11(17)6-12/h3-7,9,17H,8H2,1-2H3. The topological polar surface area (TPSA) is 47.3 Å². The molecular formula is C13H15BrN2O2. The van der Waals surface area contributed by atoms with Crippen LogP contribution in [-0.2, 0) is 6.61 Å². The van der Waals surface area contributed by atoms with Gasteiger partial charge in [-0.25, -0.2) is 4.98 Å². The molecular weight excluding hydrogens is 296 g/mol. The van der Waals surface area contributed by atoms with Crippen LogP contribution in [0.5, 0.6) is 11.5 Å². The molecule has 5 heteroatoms. The summed E-state index contributed by atoms with van der Waals surface area (Å²) in [5, 5.41) is 9.32. The minimum atomic E-state index is 0.196. The molecule has 1 aromatic heterocycles. The molecule has 0 bridgehead atoms. The Labute approximate surface area is 114 Å². The predicted molar refractivity (Wildman–Crippen MR) is 72.8 cm³/mol. The molecule has 0 aliphatic carbocycles. The molecule has 18 heavy (non-hydrogen) atoms. The highest BCUT2D eigenvalue weighted by Gasteiger charge is 2.08. The lowest BCUT2D eigenvalue weighted by atomic mass is 10.3. The highest BCUT2D eigenvalue weighted by Crippen LogP contribution is 2.20. The van der Waals surface area contributed by atoms with Gasteiger partial charge in [-0.15, -0.1) is 0 Å². The lowest BCUT2D eigenvalue weighted by molar-refractivity contribution is 0.300. The van der Waals surface area contributed by atoms with Gasteiger partial charge in [0.15, 0.2) is 4.73 Å². The third-order valence-corrected chi connectivity index (χ3v) is 3.08. The molecule has 0 aliphatic rings. The molecule has 4 nitrogen and oxygen atoms in total. The number of benzene rings is 1. The van der Waals surface area contributed by atoms with Crippen molar-refractivity contribution in [2.75, 3.05) is 0 Å². The maximum absolute atomic E-state index is 9.32. The van der Waals surface area contributed by atoms with Gasteiger partial charge in [0.25, 0.3) is 0 Å². The molecule has 96 valence electrons. The number of aromatic nitrogens is 2. The monoisotopic (exact) mass is 310 g/mol. The number of rotatable bonds is 4. The summed E-state index contributed by atoms with van der Waals surface area (Å²) in [6, 6.07) is 7.08. The maximum atomic E-state index is 9.32. The van der Waals surface area contributed by atoms with Crippen LogP contribution in [0.1, 0.15) is 25.6 Å². The number of hydrogen-bond acceptors (Lipinski definition) is 3. The van der Waals surface area contributed by atoms with Crippen LogP contribution in [0.15, 0.2) is 35.2 Å². The predicted octanol–water partition coefficient (Wildman–Crippen LogP) is 3.51. The summed E-state index contributed by atoms with van der Waals surface area (Å²) in [6.45, 7) is 4.56. The fourth-order valence-electron chi connectivity index (χ4n) is 1.58. The quantitative estimate of drug-likeness (QED) is 0.940. The van der Waals surface area contributed by atoms with E-state index in [4.69, 9.17) is 4.74 Å². The first-order valence-electron chi connectivity index (χ1n) is 5.71. The number of nitrogens with zero attached hydrogens (tertiary/aromatic N) is 2. The van der Waals surface area contributed by atoms with Crippen molar-refractivity contribution in [1.82, 2.24) is 9.55 Å². The highest BCUT2D eigenvalue weighted by molar-refractivity contribution is 9.10. The lowest BCUT2D eigenvalue weighted by Gasteiger charge is -2.06. The van der Waals surface area contributed by atoms with Crippen molar-refractivity contribution >= 4 is 15.9 Å². The van der Waals surface area contributed by atoms with Gasteiger partial charge in [-0.3, -0.25) is 0 Å². The molecule has 0 amide bonds. The molecule has 0 aliphatic heterocycles. The molecule has 0 radical (unpaired) electrons. The molecule has 1 N–H and O–H groups in total. The number of imidazole rings is 1. The van der Waals surface area contributed by atoms with Gasteiger partial charge >= 0.3 is 0 Å². The zero-order chi connectivity index (χ0) is 13.1. The van der Waals surface area contributed by atoms with Gasteiger partial charge in [0.05, 0.1) is 5.69 Å². The molecule has 0 unspecified atom stereocenters. The summed E-state index contributed by atoms with van der Waals surface area (Å²) < 4.78 is 8.39. The molecule has 1 aromatic carbocycles. The van der Waals surface area contributed by atoms with E-state index >= 15 is 0 Å². The second-order valence-electron chi connectivity index (χ2n) is 4.29. The Hall–Kier alpha value is -1.49. The first-order chi connectivity index (χ1) is 8.56. The van der Waals surface area contributed by atoms with Crippen molar-refractivity contribution in [3.63, 3.8) is 0 Å². The number of halogens is 1. The zero-order valence-electron chi connectivity index (χ0n) is 10.3. The minimum absolute atomic E-state index is 0.196. The fraction of sp³-hybridized carbons (Fsp3) is 0.308. The summed E-state index contributed by atoms with van der Waals surface area (Å²) in [5.41, 5.74) is 0.846. The fourth-order valence-corrected chi connectivity index (χ4v) is 2.32. The lowest BCUT2D eigenvalue weighted by Crippen LogP contribution is -1.99. The van der Waals surface area contributed by atoms with Gasteiger partial charge in [-0.2, -0.15) is 0 Å². The third-order valence-electron chi connectivity index (χ3n) is 2.50. The van der Waals surface area contributed by atoms with Gasteiger partial charge in [-0.05, 0) is 41.9 Å². The van der Waals surface area contributed by atoms with Crippen LogP contribution in [0.3, 0.4) is 0 Å². The Bertz CT molecular complexity index is 538. The van der Waals surface area contributed by atoms with Crippen molar-refractivity contribution in [1.29, 1.82) is 0 Å². The van der Waals surface area contributed by atoms with Gasteiger partial charge in [0.1, 0.15) is 18.1 Å². The Morgan fingerprint density at radius 3 is 2.83 bits per heavy atom. The second-order valence-corrected chi connectivity index (χ2v) is 5.00. The Morgan fingerprint density at radius 2 is 2.22 bits per heavy atom. The number of ether oxygens (including phenoxy) is 1. The Balaban J connectivity index is 2.04. The van der Waals surface area contributed by atoms with E-state index in [0.717, 1.165) is 10.4 Å². The molecule has 0 fully saturated rings. The number of hydrogen-bond donors (Lipinski definition) is 1. The van der Waals surface area contributed by atoms with Crippen molar-refractivity contribution in [2.24, 2.45) is 0 Å². The first kappa shape index (κ1) is 13.0. The van der Waals surface area contributed by atoms with E-state index in [1.807, 2.05) is 10.8 Å². The van der Waals surface area contributed by atoms with E-state index in [0.29, 0.717) is 18.4 Å². The van der Waals surface area contributed by atoms with E-state index in [1.54, 1.807) is 24.3 Å². The van der Waals surface area contributed by atoms with E-state index in [2.05, 4.69) is 34.8 Å². The normalized spacial score (nSPS) is 10.9. The summed E-state index contributed by atoms with van der Waals surface area (Å²) in [6.07, 6.45) is 1.96. The minimum Gasteiger partial charge on any atom is -0.508 e. The molecule has 1 heterocycles. The van der Waals surface area contributed by atoms with Crippen molar-refractivity contribution in [3.8, 4) is 11.5 Å². The van der Waals surface area contributed by atoms with Gasteiger partial charge in [-0.1, -0.05) is 6.07 Å². The smallest absolute Gasteiger partial charge is 0.177 e. The van der Waals surface area contributed by atoms with E-state index < -0.39 is 0 Å². The first-order valence-corrected chi connectivity index (χ1v) is 6.50. The van der Waals surface area contributed by atoms with Crippen LogP contribution in [0.4, 0.5) is 0 Å². The molecule has 2 rings (SSSR count). The molecule has 2 aromatic rings. The largest absolute Gasteiger partial charge is 0.508 e. The number of phenolic OH excluding ortho intramolecular Hbond substituents is 1. The van der Waals surface area contributed by atoms with Crippen LogP contribution < -0.4 is 4.74 Å². The molecule has 0 saturated carbocycles. The van der Waals surface area contributed by atoms with Crippen LogP contribution in [0.2, 0.25) is 0 Å². The summed E-state index contributed by atoms with van der Waals surface area (Å²) in [5.74, 6) is 0.826. The SMILES string of the molecule is CC(C)n1cc(COc2cccc(O)c2)nc1Br. The van der Waals surface area contributed by atoms with E-state index in [1.165, 1.54) is 0 Å². The zero-order valence-corrected chi connectivity index (χ0v) is 11.9. The van der Waals surface area contributed by atoms with Gasteiger partial charge in [0, 0.05) is 18.3 Å². The average molecular weight is 311 g/mol. The summed E-state index contributed by atoms with van der Waals surface area (Å²) in [4.78, 5) is 4.36. The van der Waals surface area contributed by atoms with Crippen LogP contribution in [-0.4, -0.2) is 14.7 Å². The Kier molecular flexibility index (Phi) is 3.91. The van der Waals surface area contributed by atoms with Crippen molar-refractivity contribution < 1.29 is 9.84 Å². The summed E-state index contributed by atoms with van der Waals surface area (Å²) >= 11 is 3.41. The van der Waals surface area contributed by atoms with Crippen LogP contribution >= 0.6 is 15.9 Å². The van der Waals surface area contributed by atoms with E-state index in [-0.39, 0.29) is 5.75 Å². The summed E-state index contributed by atoms with van der Waals surface area (Å²) in [7, 11) is 0. The maximum Gasteiger partial charge on any atom is 0.177 e. The number of phenols is 1. The van der Waals surface area contributed by atoms with Crippen LogP contribution in [0.25, 0.3) is 0 Å². The third kappa shape index (κ3) is 3.04. The van der Waals surface area contributed by atoms with Gasteiger partial charge < -0.3 is 14.4 Å². The van der Waals surface area contributed by atoms with Crippen LogP contribution in [0, 0.1) is 0 Å². The molecule has 0 saturated heterocycles. The van der Waals surface area contributed by atoms with Crippen molar-refractivity contribution in [3.05, 3.63) is 40.9 Å². The van der Waals surface area contributed by atoms with Gasteiger partial charge in [0.2, 0.25) is 0 Å². The average Bonchev–Trinajstić information content (AvgIpc) is 2.68.